The fourth-order valence-corrected chi connectivity index (χ4v) is 5.05. The highest BCUT2D eigenvalue weighted by atomic mass is 16.7. The Morgan fingerprint density at radius 2 is 1.00 bits per heavy atom. The molecule has 0 spiro atoms. The first-order chi connectivity index (χ1) is 20.6. The molecule has 6 heteroatoms. The van der Waals surface area contributed by atoms with Crippen molar-refractivity contribution in [3.05, 3.63) is 156 Å². The quantitative estimate of drug-likeness (QED) is 0.183. The van der Waals surface area contributed by atoms with Gasteiger partial charge < -0.3 is 28.8 Å². The van der Waals surface area contributed by atoms with E-state index in [4.69, 9.17) is 23.7 Å². The third-order valence-electron chi connectivity index (χ3n) is 7.27. The molecule has 0 aromatic heterocycles. The summed E-state index contributed by atoms with van der Waals surface area (Å²) in [7, 11) is 0. The Kier molecular flexibility index (Phi) is 10.7. The molecule has 1 heterocycles. The molecule has 218 valence electrons. The van der Waals surface area contributed by atoms with Gasteiger partial charge in [-0.2, -0.15) is 0 Å². The van der Waals surface area contributed by atoms with E-state index < -0.39 is 30.2 Å². The van der Waals surface area contributed by atoms with E-state index in [1.165, 1.54) is 6.08 Å². The monoisotopic (exact) mass is 566 g/mol. The van der Waals surface area contributed by atoms with Crippen molar-refractivity contribution < 1.29 is 28.8 Å². The maximum absolute atomic E-state index is 11.8. The summed E-state index contributed by atoms with van der Waals surface area (Å²) in [6.45, 7) is 5.33. The van der Waals surface area contributed by atoms with Crippen molar-refractivity contribution in [3.8, 4) is 0 Å². The highest BCUT2D eigenvalue weighted by Crippen LogP contribution is 2.36. The Morgan fingerprint density at radius 3 is 1.45 bits per heavy atom. The lowest BCUT2D eigenvalue weighted by atomic mass is 9.91. The van der Waals surface area contributed by atoms with E-state index in [0.717, 1.165) is 22.3 Å². The topological polar surface area (TPSA) is 66.4 Å². The largest absolute Gasteiger partial charge is 0.374 e. The predicted molar refractivity (Wildman–Crippen MR) is 161 cm³/mol. The summed E-state index contributed by atoms with van der Waals surface area (Å²) in [6.07, 6.45) is -1.55. The molecule has 5 rings (SSSR count). The van der Waals surface area contributed by atoms with Crippen LogP contribution in [-0.4, -0.2) is 41.9 Å². The van der Waals surface area contributed by atoms with E-state index in [2.05, 4.69) is 6.58 Å². The molecule has 4 aromatic rings. The zero-order valence-electron chi connectivity index (χ0n) is 23.7. The Morgan fingerprint density at radius 1 is 0.595 bits per heavy atom. The number of benzene rings is 4. The van der Waals surface area contributed by atoms with E-state index in [0.29, 0.717) is 19.8 Å². The van der Waals surface area contributed by atoms with Crippen LogP contribution in [0.1, 0.15) is 22.3 Å². The maximum Gasteiger partial charge on any atom is 0.215 e. The van der Waals surface area contributed by atoms with E-state index in [9.17, 15) is 5.11 Å². The van der Waals surface area contributed by atoms with Crippen LogP contribution in [0, 0.1) is 0 Å². The van der Waals surface area contributed by atoms with Crippen molar-refractivity contribution in [2.75, 3.05) is 6.61 Å². The third-order valence-corrected chi connectivity index (χ3v) is 7.27. The van der Waals surface area contributed by atoms with Crippen LogP contribution in [0.15, 0.2) is 134 Å². The lowest BCUT2D eigenvalue weighted by Crippen LogP contribution is -2.66. The minimum absolute atomic E-state index is 0.168. The van der Waals surface area contributed by atoms with E-state index >= 15 is 0 Å². The molecule has 0 radical (unpaired) electrons. The average molecular weight is 567 g/mol. The molecule has 4 aromatic carbocycles. The van der Waals surface area contributed by atoms with Gasteiger partial charge in [0.15, 0.2) is 0 Å². The van der Waals surface area contributed by atoms with Crippen molar-refractivity contribution in [3.63, 3.8) is 0 Å². The van der Waals surface area contributed by atoms with Crippen molar-refractivity contribution in [1.29, 1.82) is 0 Å². The summed E-state index contributed by atoms with van der Waals surface area (Å²) >= 11 is 0. The zero-order chi connectivity index (χ0) is 29.0. The van der Waals surface area contributed by atoms with Crippen LogP contribution in [0.3, 0.4) is 0 Å². The van der Waals surface area contributed by atoms with Gasteiger partial charge in [-0.05, 0) is 28.3 Å². The van der Waals surface area contributed by atoms with Gasteiger partial charge in [0.1, 0.15) is 24.4 Å². The van der Waals surface area contributed by atoms with Gasteiger partial charge in [0.2, 0.25) is 5.79 Å². The molecule has 3 unspecified atom stereocenters. The van der Waals surface area contributed by atoms with Crippen LogP contribution >= 0.6 is 0 Å². The first kappa shape index (κ1) is 29.9. The van der Waals surface area contributed by atoms with Gasteiger partial charge in [0, 0.05) is 0 Å². The van der Waals surface area contributed by atoms with E-state index in [-0.39, 0.29) is 13.2 Å². The molecule has 1 saturated heterocycles. The van der Waals surface area contributed by atoms with Crippen molar-refractivity contribution in [1.82, 2.24) is 0 Å². The van der Waals surface area contributed by atoms with Crippen molar-refractivity contribution in [2.45, 2.75) is 56.6 Å². The summed E-state index contributed by atoms with van der Waals surface area (Å²) in [5, 5.41) is 11.8. The molecular formula is C36H38O6. The van der Waals surface area contributed by atoms with Gasteiger partial charge in [-0.1, -0.05) is 128 Å². The molecule has 1 aliphatic heterocycles. The third kappa shape index (κ3) is 8.01. The predicted octanol–water partition coefficient (Wildman–Crippen LogP) is 6.23. The van der Waals surface area contributed by atoms with E-state index in [1.807, 2.05) is 121 Å². The SMILES string of the molecule is C=C[C@]1(O)OC(COCc2ccccc2)[C@@H](OCc2ccccc2)C(OCc2ccccc2)C1OCc1ccccc1. The lowest BCUT2D eigenvalue weighted by molar-refractivity contribution is -0.351. The highest BCUT2D eigenvalue weighted by molar-refractivity contribution is 5.17. The molecule has 1 fully saturated rings. The van der Waals surface area contributed by atoms with Gasteiger partial charge >= 0.3 is 0 Å². The smallest absolute Gasteiger partial charge is 0.215 e. The van der Waals surface area contributed by atoms with Gasteiger partial charge in [-0.3, -0.25) is 0 Å². The molecule has 42 heavy (non-hydrogen) atoms. The van der Waals surface area contributed by atoms with Crippen LogP contribution in [0.5, 0.6) is 0 Å². The Hall–Kier alpha value is -3.62. The van der Waals surface area contributed by atoms with Crippen LogP contribution in [0.25, 0.3) is 0 Å². The minimum Gasteiger partial charge on any atom is -0.374 e. The first-order valence-electron chi connectivity index (χ1n) is 14.3. The number of aliphatic hydroxyl groups is 1. The number of hydrogen-bond donors (Lipinski definition) is 1. The fraction of sp³-hybridized carbons (Fsp3) is 0.278. The summed E-state index contributed by atoms with van der Waals surface area (Å²) in [5.74, 6) is -1.84. The Balaban J connectivity index is 1.42. The van der Waals surface area contributed by atoms with Crippen molar-refractivity contribution >= 4 is 0 Å². The number of rotatable bonds is 14. The molecule has 5 atom stereocenters. The molecular weight excluding hydrogens is 528 g/mol. The van der Waals surface area contributed by atoms with Crippen LogP contribution < -0.4 is 0 Å². The zero-order valence-corrected chi connectivity index (χ0v) is 23.7. The maximum atomic E-state index is 11.8. The molecule has 1 aliphatic rings. The number of hydrogen-bond acceptors (Lipinski definition) is 6. The van der Waals surface area contributed by atoms with Gasteiger partial charge in [0.25, 0.3) is 0 Å². The second kappa shape index (κ2) is 15.0. The second-order valence-electron chi connectivity index (χ2n) is 10.4. The Bertz CT molecular complexity index is 1330. The minimum atomic E-state index is -1.84. The highest BCUT2D eigenvalue weighted by Gasteiger charge is 2.55. The fourth-order valence-electron chi connectivity index (χ4n) is 5.05. The first-order valence-corrected chi connectivity index (χ1v) is 14.3. The summed E-state index contributed by atoms with van der Waals surface area (Å²) in [5.41, 5.74) is 4.00. The molecule has 0 aliphatic carbocycles. The normalized spacial score (nSPS) is 23.8. The standard InChI is InChI=1S/C36H38O6/c1-2-36(37)35(41-26-31-21-13-6-14-22-31)34(40-25-30-19-11-5-12-20-30)33(39-24-29-17-9-4-10-18-29)32(42-36)27-38-23-28-15-7-3-8-16-28/h2-22,32-35,37H,1,23-27H2/t32?,33-,34?,35?,36+/m1/s1. The lowest BCUT2D eigenvalue weighted by Gasteiger charge is -2.49. The number of ether oxygens (including phenoxy) is 5. The van der Waals surface area contributed by atoms with Crippen LogP contribution in [-0.2, 0) is 50.1 Å². The molecule has 0 saturated carbocycles. The molecule has 6 nitrogen and oxygen atoms in total. The molecule has 0 amide bonds. The molecule has 0 bridgehead atoms. The van der Waals surface area contributed by atoms with Gasteiger partial charge in [-0.25, -0.2) is 0 Å². The summed E-state index contributed by atoms with van der Waals surface area (Å²) in [4.78, 5) is 0. The average Bonchev–Trinajstić information content (AvgIpc) is 3.05. The van der Waals surface area contributed by atoms with Gasteiger partial charge in [0.05, 0.1) is 33.0 Å². The second-order valence-corrected chi connectivity index (χ2v) is 10.4. The van der Waals surface area contributed by atoms with Crippen LogP contribution in [0.2, 0.25) is 0 Å². The summed E-state index contributed by atoms with van der Waals surface area (Å²) < 4.78 is 31.9. The summed E-state index contributed by atoms with van der Waals surface area (Å²) in [6, 6.07) is 39.5. The van der Waals surface area contributed by atoms with Gasteiger partial charge in [-0.15, -0.1) is 0 Å². The Labute approximate surface area is 248 Å². The van der Waals surface area contributed by atoms with Crippen LogP contribution in [0.4, 0.5) is 0 Å². The molecule has 1 N–H and O–H groups in total. The van der Waals surface area contributed by atoms with Crippen molar-refractivity contribution in [2.24, 2.45) is 0 Å². The van der Waals surface area contributed by atoms with E-state index in [1.54, 1.807) is 0 Å².